The fourth-order valence-corrected chi connectivity index (χ4v) is 3.08. The van der Waals surface area contributed by atoms with Gasteiger partial charge >= 0.3 is 5.97 Å². The second-order valence-electron chi connectivity index (χ2n) is 6.10. The van der Waals surface area contributed by atoms with Crippen molar-refractivity contribution in [2.24, 2.45) is 0 Å². The van der Waals surface area contributed by atoms with E-state index in [1.54, 1.807) is 23.1 Å². The fourth-order valence-electron chi connectivity index (χ4n) is 3.08. The van der Waals surface area contributed by atoms with Gasteiger partial charge in [-0.1, -0.05) is 18.2 Å². The van der Waals surface area contributed by atoms with E-state index in [0.29, 0.717) is 37.4 Å². The molecule has 8 nitrogen and oxygen atoms in total. The lowest BCUT2D eigenvalue weighted by atomic mass is 10.1. The molecule has 0 N–H and O–H groups in total. The van der Waals surface area contributed by atoms with Crippen molar-refractivity contribution in [2.75, 3.05) is 38.2 Å². The molecule has 0 atom stereocenters. The lowest BCUT2D eigenvalue weighted by molar-refractivity contribution is -0.385. The SMILES string of the molecule is COC(=O)c1cc(N2CCN(C(=O)c3ccccc3)CC2)ccc1[N+](=O)[O-]. The molecule has 0 aromatic heterocycles. The number of hydrogen-bond donors (Lipinski definition) is 0. The highest BCUT2D eigenvalue weighted by molar-refractivity contribution is 5.95. The van der Waals surface area contributed by atoms with E-state index in [2.05, 4.69) is 4.74 Å². The molecular weight excluding hydrogens is 350 g/mol. The molecule has 0 radical (unpaired) electrons. The van der Waals surface area contributed by atoms with Crippen LogP contribution >= 0.6 is 0 Å². The molecule has 8 heteroatoms. The number of nitro groups is 1. The summed E-state index contributed by atoms with van der Waals surface area (Å²) in [6.07, 6.45) is 0. The lowest BCUT2D eigenvalue weighted by Crippen LogP contribution is -2.48. The molecule has 0 unspecified atom stereocenters. The van der Waals surface area contributed by atoms with Crippen LogP contribution in [-0.4, -0.2) is 55.0 Å². The van der Waals surface area contributed by atoms with Crippen LogP contribution in [-0.2, 0) is 4.74 Å². The molecule has 1 amide bonds. The van der Waals surface area contributed by atoms with Crippen molar-refractivity contribution in [3.63, 3.8) is 0 Å². The summed E-state index contributed by atoms with van der Waals surface area (Å²) in [4.78, 5) is 38.7. The van der Waals surface area contributed by atoms with Crippen LogP contribution in [0.3, 0.4) is 0 Å². The molecule has 1 fully saturated rings. The Morgan fingerprint density at radius 2 is 1.70 bits per heavy atom. The number of rotatable bonds is 4. The van der Waals surface area contributed by atoms with Gasteiger partial charge in [-0.15, -0.1) is 0 Å². The second-order valence-corrected chi connectivity index (χ2v) is 6.10. The molecular formula is C19H19N3O5. The third-order valence-electron chi connectivity index (χ3n) is 4.53. The van der Waals surface area contributed by atoms with Crippen LogP contribution in [0.5, 0.6) is 0 Å². The van der Waals surface area contributed by atoms with E-state index >= 15 is 0 Å². The Morgan fingerprint density at radius 3 is 2.30 bits per heavy atom. The van der Waals surface area contributed by atoms with Crippen LogP contribution < -0.4 is 4.90 Å². The number of hydrogen-bond acceptors (Lipinski definition) is 6. The number of nitrogens with zero attached hydrogens (tertiary/aromatic N) is 3. The third kappa shape index (κ3) is 3.89. The Kier molecular flexibility index (Phi) is 5.35. The van der Waals surface area contributed by atoms with Gasteiger partial charge in [0.15, 0.2) is 0 Å². The zero-order valence-electron chi connectivity index (χ0n) is 14.8. The van der Waals surface area contributed by atoms with Gasteiger partial charge in [0.05, 0.1) is 12.0 Å². The highest BCUT2D eigenvalue weighted by Crippen LogP contribution is 2.26. The molecule has 0 spiro atoms. The molecule has 1 heterocycles. The molecule has 0 bridgehead atoms. The van der Waals surface area contributed by atoms with Gasteiger partial charge < -0.3 is 14.5 Å². The topological polar surface area (TPSA) is 93.0 Å². The Balaban J connectivity index is 1.73. The number of esters is 1. The molecule has 1 aliphatic rings. The van der Waals surface area contributed by atoms with Gasteiger partial charge in [-0.2, -0.15) is 0 Å². The van der Waals surface area contributed by atoms with Crippen LogP contribution in [0.2, 0.25) is 0 Å². The molecule has 140 valence electrons. The standard InChI is InChI=1S/C19H19N3O5/c1-27-19(24)16-13-15(7-8-17(16)22(25)26)20-9-11-21(12-10-20)18(23)14-5-3-2-4-6-14/h2-8,13H,9-12H2,1H3. The number of ether oxygens (including phenoxy) is 1. The van der Waals surface area contributed by atoms with E-state index in [-0.39, 0.29) is 17.2 Å². The number of benzene rings is 2. The van der Waals surface area contributed by atoms with Crippen LogP contribution in [0.4, 0.5) is 11.4 Å². The maximum Gasteiger partial charge on any atom is 0.344 e. The molecule has 0 aliphatic carbocycles. The van der Waals surface area contributed by atoms with Crippen molar-refractivity contribution in [3.8, 4) is 0 Å². The molecule has 2 aromatic carbocycles. The predicted molar refractivity (Wildman–Crippen MR) is 99.0 cm³/mol. The number of anilines is 1. The Labute approximate surface area is 156 Å². The fraction of sp³-hybridized carbons (Fsp3) is 0.263. The van der Waals surface area contributed by atoms with Gasteiger partial charge in [0.25, 0.3) is 11.6 Å². The van der Waals surface area contributed by atoms with Crippen LogP contribution in [0.15, 0.2) is 48.5 Å². The maximum atomic E-state index is 12.5. The first-order valence-electron chi connectivity index (χ1n) is 8.47. The van der Waals surface area contributed by atoms with Crippen molar-refractivity contribution < 1.29 is 19.2 Å². The number of piperazine rings is 1. The van der Waals surface area contributed by atoms with Crippen molar-refractivity contribution in [3.05, 3.63) is 69.8 Å². The van der Waals surface area contributed by atoms with Gasteiger partial charge in [-0.3, -0.25) is 14.9 Å². The Hall–Kier alpha value is -3.42. The van der Waals surface area contributed by atoms with Crippen LogP contribution in [0, 0.1) is 10.1 Å². The van der Waals surface area contributed by atoms with E-state index < -0.39 is 10.9 Å². The lowest BCUT2D eigenvalue weighted by Gasteiger charge is -2.36. The number of methoxy groups -OCH3 is 1. The van der Waals surface area contributed by atoms with Crippen molar-refractivity contribution >= 4 is 23.3 Å². The molecule has 2 aromatic rings. The highest BCUT2D eigenvalue weighted by Gasteiger charge is 2.26. The molecule has 3 rings (SSSR count). The van der Waals surface area contributed by atoms with Gasteiger partial charge in [0.1, 0.15) is 5.56 Å². The summed E-state index contributed by atoms with van der Waals surface area (Å²) >= 11 is 0. The van der Waals surface area contributed by atoms with E-state index in [4.69, 9.17) is 0 Å². The molecule has 0 saturated carbocycles. The quantitative estimate of drug-likeness (QED) is 0.467. The summed E-state index contributed by atoms with van der Waals surface area (Å²) < 4.78 is 4.65. The van der Waals surface area contributed by atoms with Crippen molar-refractivity contribution in [1.29, 1.82) is 0 Å². The maximum absolute atomic E-state index is 12.5. The summed E-state index contributed by atoms with van der Waals surface area (Å²) in [5.41, 5.74) is 0.966. The zero-order chi connectivity index (χ0) is 19.4. The molecule has 27 heavy (non-hydrogen) atoms. The van der Waals surface area contributed by atoms with Gasteiger partial charge in [-0.25, -0.2) is 4.79 Å². The molecule has 1 saturated heterocycles. The first-order chi connectivity index (χ1) is 13.0. The van der Waals surface area contributed by atoms with E-state index in [1.165, 1.54) is 19.2 Å². The minimum atomic E-state index is -0.749. The van der Waals surface area contributed by atoms with Crippen molar-refractivity contribution in [2.45, 2.75) is 0 Å². The monoisotopic (exact) mass is 369 g/mol. The van der Waals surface area contributed by atoms with Gasteiger partial charge in [0, 0.05) is 43.5 Å². The zero-order valence-corrected chi connectivity index (χ0v) is 14.8. The number of amides is 1. The summed E-state index contributed by atoms with van der Waals surface area (Å²) in [5.74, 6) is -0.768. The van der Waals surface area contributed by atoms with E-state index in [1.807, 2.05) is 23.1 Å². The first kappa shape index (κ1) is 18.4. The average Bonchev–Trinajstić information content (AvgIpc) is 2.72. The van der Waals surface area contributed by atoms with E-state index in [0.717, 1.165) is 0 Å². The van der Waals surface area contributed by atoms with Gasteiger partial charge in [-0.05, 0) is 24.3 Å². The summed E-state index contributed by atoms with van der Waals surface area (Å²) in [6.45, 7) is 2.19. The Morgan fingerprint density at radius 1 is 1.04 bits per heavy atom. The third-order valence-corrected chi connectivity index (χ3v) is 4.53. The summed E-state index contributed by atoms with van der Waals surface area (Å²) in [6, 6.07) is 13.5. The molecule has 1 aliphatic heterocycles. The minimum Gasteiger partial charge on any atom is -0.465 e. The predicted octanol–water partition coefficient (Wildman–Crippen LogP) is 2.34. The second kappa shape index (κ2) is 7.86. The first-order valence-corrected chi connectivity index (χ1v) is 8.47. The number of carbonyl (C=O) groups excluding carboxylic acids is 2. The van der Waals surface area contributed by atoms with E-state index in [9.17, 15) is 19.7 Å². The largest absolute Gasteiger partial charge is 0.465 e. The number of nitro benzene ring substituents is 1. The summed E-state index contributed by atoms with van der Waals surface area (Å²) in [5, 5.41) is 11.1. The van der Waals surface area contributed by atoms with Crippen LogP contribution in [0.1, 0.15) is 20.7 Å². The number of carbonyl (C=O) groups is 2. The average molecular weight is 369 g/mol. The van der Waals surface area contributed by atoms with Gasteiger partial charge in [0.2, 0.25) is 0 Å². The Bertz CT molecular complexity index is 861. The normalized spacial score (nSPS) is 14.0. The van der Waals surface area contributed by atoms with Crippen molar-refractivity contribution in [1.82, 2.24) is 4.90 Å². The highest BCUT2D eigenvalue weighted by atomic mass is 16.6. The minimum absolute atomic E-state index is 0.0193. The summed E-state index contributed by atoms with van der Waals surface area (Å²) in [7, 11) is 1.19. The smallest absolute Gasteiger partial charge is 0.344 e. The van der Waals surface area contributed by atoms with Crippen LogP contribution in [0.25, 0.3) is 0 Å².